The fourth-order valence-electron chi connectivity index (χ4n) is 4.09. The SMILES string of the molecule is Cc1ccc2ncnc(N3CCC(OC4CCCCC4)CC3)c2c1. The molecule has 1 aromatic heterocycles. The first kappa shape index (κ1) is 15.8. The highest BCUT2D eigenvalue weighted by atomic mass is 16.5. The Labute approximate surface area is 144 Å². The minimum Gasteiger partial charge on any atom is -0.375 e. The number of fused-ring (bicyclic) bond motifs is 1. The van der Waals surface area contributed by atoms with Crippen molar-refractivity contribution in [1.82, 2.24) is 9.97 Å². The maximum Gasteiger partial charge on any atom is 0.139 e. The van der Waals surface area contributed by atoms with Gasteiger partial charge >= 0.3 is 0 Å². The van der Waals surface area contributed by atoms with Gasteiger partial charge in [0.1, 0.15) is 12.1 Å². The third-order valence-corrected chi connectivity index (χ3v) is 5.45. The molecule has 1 aliphatic heterocycles. The van der Waals surface area contributed by atoms with E-state index in [0.29, 0.717) is 12.2 Å². The van der Waals surface area contributed by atoms with Crippen LogP contribution in [0.2, 0.25) is 0 Å². The van der Waals surface area contributed by atoms with E-state index in [4.69, 9.17) is 4.74 Å². The summed E-state index contributed by atoms with van der Waals surface area (Å²) < 4.78 is 6.36. The van der Waals surface area contributed by atoms with E-state index in [0.717, 1.165) is 37.3 Å². The third kappa shape index (κ3) is 3.39. The topological polar surface area (TPSA) is 38.2 Å². The van der Waals surface area contributed by atoms with Crippen LogP contribution in [0.4, 0.5) is 5.82 Å². The second-order valence-corrected chi connectivity index (χ2v) is 7.30. The van der Waals surface area contributed by atoms with Gasteiger partial charge in [0.2, 0.25) is 0 Å². The number of ether oxygens (including phenoxy) is 1. The van der Waals surface area contributed by atoms with Gasteiger partial charge in [-0.2, -0.15) is 0 Å². The molecule has 2 aliphatic rings. The Balaban J connectivity index is 1.43. The van der Waals surface area contributed by atoms with Gasteiger partial charge in [-0.05, 0) is 44.7 Å². The highest BCUT2D eigenvalue weighted by Crippen LogP contribution is 2.29. The lowest BCUT2D eigenvalue weighted by molar-refractivity contribution is -0.0395. The van der Waals surface area contributed by atoms with E-state index in [9.17, 15) is 0 Å². The number of benzene rings is 1. The lowest BCUT2D eigenvalue weighted by atomic mass is 9.97. The number of rotatable bonds is 3. The normalized spacial score (nSPS) is 20.6. The Morgan fingerprint density at radius 3 is 2.50 bits per heavy atom. The molecule has 24 heavy (non-hydrogen) atoms. The van der Waals surface area contributed by atoms with Crippen LogP contribution in [0.15, 0.2) is 24.5 Å². The van der Waals surface area contributed by atoms with E-state index in [1.165, 1.54) is 43.1 Å². The molecule has 1 aromatic carbocycles. The highest BCUT2D eigenvalue weighted by Gasteiger charge is 2.25. The summed E-state index contributed by atoms with van der Waals surface area (Å²) in [6, 6.07) is 6.41. The van der Waals surface area contributed by atoms with Crippen molar-refractivity contribution in [3.63, 3.8) is 0 Å². The smallest absolute Gasteiger partial charge is 0.139 e. The molecular weight excluding hydrogens is 298 g/mol. The van der Waals surface area contributed by atoms with Crippen LogP contribution in [0.1, 0.15) is 50.5 Å². The average molecular weight is 325 g/mol. The number of nitrogens with zero attached hydrogens (tertiary/aromatic N) is 3. The second-order valence-electron chi connectivity index (χ2n) is 7.30. The largest absolute Gasteiger partial charge is 0.375 e. The monoisotopic (exact) mass is 325 g/mol. The van der Waals surface area contributed by atoms with Crippen LogP contribution in [-0.4, -0.2) is 35.3 Å². The number of hydrogen-bond acceptors (Lipinski definition) is 4. The molecule has 2 fully saturated rings. The molecule has 0 amide bonds. The molecule has 0 bridgehead atoms. The van der Waals surface area contributed by atoms with Crippen molar-refractivity contribution in [2.24, 2.45) is 0 Å². The Morgan fingerprint density at radius 2 is 1.71 bits per heavy atom. The van der Waals surface area contributed by atoms with Crippen molar-refractivity contribution in [2.45, 2.75) is 64.1 Å². The van der Waals surface area contributed by atoms with Gasteiger partial charge in [-0.3, -0.25) is 0 Å². The number of piperidine rings is 1. The number of aromatic nitrogens is 2. The summed E-state index contributed by atoms with van der Waals surface area (Å²) in [6.45, 7) is 4.18. The predicted octanol–water partition coefficient (Wildman–Crippen LogP) is 4.26. The Hall–Kier alpha value is -1.68. The third-order valence-electron chi connectivity index (χ3n) is 5.45. The lowest BCUT2D eigenvalue weighted by Gasteiger charge is -2.35. The molecular formula is C20H27N3O. The van der Waals surface area contributed by atoms with E-state index < -0.39 is 0 Å². The quantitative estimate of drug-likeness (QED) is 0.845. The van der Waals surface area contributed by atoms with Crippen molar-refractivity contribution in [3.05, 3.63) is 30.1 Å². The second kappa shape index (κ2) is 7.06. The van der Waals surface area contributed by atoms with Gasteiger partial charge in [0.15, 0.2) is 0 Å². The summed E-state index contributed by atoms with van der Waals surface area (Å²) in [5, 5.41) is 1.17. The molecule has 4 rings (SSSR count). The molecule has 1 saturated heterocycles. The molecule has 0 atom stereocenters. The summed E-state index contributed by atoms with van der Waals surface area (Å²) in [4.78, 5) is 11.4. The van der Waals surface area contributed by atoms with Crippen LogP contribution in [-0.2, 0) is 4.74 Å². The Morgan fingerprint density at radius 1 is 0.958 bits per heavy atom. The van der Waals surface area contributed by atoms with Crippen molar-refractivity contribution in [2.75, 3.05) is 18.0 Å². The van der Waals surface area contributed by atoms with Gasteiger partial charge in [0.25, 0.3) is 0 Å². The molecule has 0 radical (unpaired) electrons. The number of anilines is 1. The first-order valence-corrected chi connectivity index (χ1v) is 9.41. The van der Waals surface area contributed by atoms with E-state index in [-0.39, 0.29) is 0 Å². The average Bonchev–Trinajstić information content (AvgIpc) is 2.63. The molecule has 0 N–H and O–H groups in total. The lowest BCUT2D eigenvalue weighted by Crippen LogP contribution is -2.39. The summed E-state index contributed by atoms with van der Waals surface area (Å²) in [6.07, 6.45) is 11.4. The maximum atomic E-state index is 6.36. The van der Waals surface area contributed by atoms with Crippen molar-refractivity contribution in [1.29, 1.82) is 0 Å². The van der Waals surface area contributed by atoms with Crippen LogP contribution in [0.25, 0.3) is 10.9 Å². The first-order chi connectivity index (χ1) is 11.8. The van der Waals surface area contributed by atoms with E-state index in [1.807, 2.05) is 0 Å². The minimum absolute atomic E-state index is 0.430. The van der Waals surface area contributed by atoms with Gasteiger partial charge in [0.05, 0.1) is 17.7 Å². The molecule has 0 unspecified atom stereocenters. The van der Waals surface area contributed by atoms with Crippen LogP contribution < -0.4 is 4.90 Å². The maximum absolute atomic E-state index is 6.36. The van der Waals surface area contributed by atoms with Crippen molar-refractivity contribution < 1.29 is 4.74 Å². The zero-order valence-electron chi connectivity index (χ0n) is 14.6. The molecule has 2 heterocycles. The fraction of sp³-hybridized carbons (Fsp3) is 0.600. The molecule has 1 aliphatic carbocycles. The molecule has 4 heteroatoms. The van der Waals surface area contributed by atoms with Gasteiger partial charge in [-0.1, -0.05) is 30.9 Å². The van der Waals surface area contributed by atoms with Crippen LogP contribution in [0.3, 0.4) is 0 Å². The van der Waals surface area contributed by atoms with E-state index >= 15 is 0 Å². The van der Waals surface area contributed by atoms with E-state index in [2.05, 4.69) is 40.0 Å². The Kier molecular flexibility index (Phi) is 4.65. The van der Waals surface area contributed by atoms with Gasteiger partial charge < -0.3 is 9.64 Å². The molecule has 128 valence electrons. The summed E-state index contributed by atoms with van der Waals surface area (Å²) in [7, 11) is 0. The van der Waals surface area contributed by atoms with Crippen LogP contribution in [0.5, 0.6) is 0 Å². The van der Waals surface area contributed by atoms with Gasteiger partial charge in [0, 0.05) is 18.5 Å². The zero-order valence-corrected chi connectivity index (χ0v) is 14.6. The summed E-state index contributed by atoms with van der Waals surface area (Å²) in [5.41, 5.74) is 2.29. The van der Waals surface area contributed by atoms with Crippen LogP contribution >= 0.6 is 0 Å². The molecule has 4 nitrogen and oxygen atoms in total. The predicted molar refractivity (Wildman–Crippen MR) is 97.5 cm³/mol. The van der Waals surface area contributed by atoms with E-state index in [1.54, 1.807) is 6.33 Å². The first-order valence-electron chi connectivity index (χ1n) is 9.41. The molecule has 0 spiro atoms. The Bertz CT molecular complexity index is 688. The number of aryl methyl sites for hydroxylation is 1. The summed E-state index contributed by atoms with van der Waals surface area (Å²) >= 11 is 0. The summed E-state index contributed by atoms with van der Waals surface area (Å²) in [5.74, 6) is 1.08. The van der Waals surface area contributed by atoms with Crippen molar-refractivity contribution >= 4 is 16.7 Å². The molecule has 1 saturated carbocycles. The van der Waals surface area contributed by atoms with Gasteiger partial charge in [-0.15, -0.1) is 0 Å². The standard InChI is InChI=1S/C20H27N3O/c1-15-7-8-19-18(13-15)20(22-14-21-19)23-11-9-17(10-12-23)24-16-5-3-2-4-6-16/h7-8,13-14,16-17H,2-6,9-12H2,1H3. The minimum atomic E-state index is 0.430. The number of hydrogen-bond donors (Lipinski definition) is 0. The van der Waals surface area contributed by atoms with Crippen molar-refractivity contribution in [3.8, 4) is 0 Å². The zero-order chi connectivity index (χ0) is 16.4. The van der Waals surface area contributed by atoms with Crippen LogP contribution in [0, 0.1) is 6.92 Å². The highest BCUT2D eigenvalue weighted by molar-refractivity contribution is 5.89. The molecule has 2 aromatic rings. The van der Waals surface area contributed by atoms with Gasteiger partial charge in [-0.25, -0.2) is 9.97 Å². The fourth-order valence-corrected chi connectivity index (χ4v) is 4.09.